The zero-order chi connectivity index (χ0) is 14.7. The van der Waals surface area contributed by atoms with Gasteiger partial charge in [0.2, 0.25) is 0 Å². The number of pyridine rings is 1. The molecule has 21 heavy (non-hydrogen) atoms. The molecule has 2 aliphatic rings. The molecule has 2 saturated heterocycles. The first-order valence-electron chi connectivity index (χ1n) is 7.58. The molecule has 0 aromatic carbocycles. The van der Waals surface area contributed by atoms with E-state index in [4.69, 9.17) is 10.5 Å². The van der Waals surface area contributed by atoms with Crippen LogP contribution >= 0.6 is 0 Å². The Hall–Kier alpha value is -1.66. The molecule has 114 valence electrons. The number of piperazine rings is 1. The molecule has 1 aromatic heterocycles. The summed E-state index contributed by atoms with van der Waals surface area (Å²) in [7, 11) is 0. The van der Waals surface area contributed by atoms with Gasteiger partial charge < -0.3 is 20.3 Å². The van der Waals surface area contributed by atoms with Crippen LogP contribution in [0.15, 0.2) is 24.4 Å². The number of amides is 1. The minimum Gasteiger partial charge on any atom is -0.364 e. The van der Waals surface area contributed by atoms with Gasteiger partial charge in [0.15, 0.2) is 0 Å². The van der Waals surface area contributed by atoms with Crippen molar-refractivity contribution in [2.24, 2.45) is 5.73 Å². The van der Waals surface area contributed by atoms with E-state index in [1.54, 1.807) is 6.20 Å². The minimum atomic E-state index is -0.292. The van der Waals surface area contributed by atoms with E-state index in [-0.39, 0.29) is 18.1 Å². The highest BCUT2D eigenvalue weighted by atomic mass is 16.5. The fraction of sp³-hybridized carbons (Fsp3) is 0.600. The quantitative estimate of drug-likeness (QED) is 0.863. The summed E-state index contributed by atoms with van der Waals surface area (Å²) in [5.41, 5.74) is 5.59. The van der Waals surface area contributed by atoms with E-state index in [9.17, 15) is 4.79 Å². The lowest BCUT2D eigenvalue weighted by atomic mass is 10.1. The number of rotatable bonds is 3. The van der Waals surface area contributed by atoms with Crippen LogP contribution in [-0.4, -0.2) is 60.7 Å². The van der Waals surface area contributed by atoms with Crippen LogP contribution < -0.4 is 10.6 Å². The van der Waals surface area contributed by atoms with Crippen LogP contribution in [0.2, 0.25) is 0 Å². The Labute approximate surface area is 124 Å². The van der Waals surface area contributed by atoms with Gasteiger partial charge in [0.1, 0.15) is 11.9 Å². The molecular weight excluding hydrogens is 268 g/mol. The van der Waals surface area contributed by atoms with E-state index in [0.29, 0.717) is 6.54 Å². The Bertz CT molecular complexity index is 474. The molecule has 2 fully saturated rings. The molecule has 1 aromatic rings. The normalized spacial score (nSPS) is 26.1. The molecule has 0 aliphatic carbocycles. The topological polar surface area (TPSA) is 71.7 Å². The number of hydrogen-bond donors (Lipinski definition) is 1. The Morgan fingerprint density at radius 2 is 2.10 bits per heavy atom. The first-order chi connectivity index (χ1) is 10.3. The van der Waals surface area contributed by atoms with Crippen LogP contribution in [0.25, 0.3) is 0 Å². The molecule has 0 radical (unpaired) electrons. The van der Waals surface area contributed by atoms with Gasteiger partial charge in [-0.3, -0.25) is 4.79 Å². The summed E-state index contributed by atoms with van der Waals surface area (Å²) >= 11 is 0. The molecule has 2 aliphatic heterocycles. The predicted octanol–water partition coefficient (Wildman–Crippen LogP) is 0.236. The second-order valence-electron chi connectivity index (χ2n) is 5.56. The van der Waals surface area contributed by atoms with E-state index in [1.165, 1.54) is 0 Å². The summed E-state index contributed by atoms with van der Waals surface area (Å²) in [6, 6.07) is 5.90. The third-order valence-corrected chi connectivity index (χ3v) is 4.21. The average Bonchev–Trinajstić information content (AvgIpc) is 3.04. The van der Waals surface area contributed by atoms with Crippen molar-refractivity contribution < 1.29 is 9.53 Å². The van der Waals surface area contributed by atoms with E-state index in [1.807, 2.05) is 23.1 Å². The SMILES string of the molecule is NC[C@H]1CC[C@@H](C(=O)N2CCN(c3ccccn3)CC2)O1. The van der Waals surface area contributed by atoms with Crippen molar-refractivity contribution in [3.8, 4) is 0 Å². The zero-order valence-electron chi connectivity index (χ0n) is 12.1. The van der Waals surface area contributed by atoms with Gasteiger partial charge in [0, 0.05) is 38.9 Å². The fourth-order valence-corrected chi connectivity index (χ4v) is 2.96. The highest BCUT2D eigenvalue weighted by Gasteiger charge is 2.34. The molecule has 1 amide bonds. The largest absolute Gasteiger partial charge is 0.364 e. The van der Waals surface area contributed by atoms with Crippen molar-refractivity contribution in [2.45, 2.75) is 25.0 Å². The number of nitrogens with zero attached hydrogens (tertiary/aromatic N) is 3. The van der Waals surface area contributed by atoms with Crippen LogP contribution in [-0.2, 0) is 9.53 Å². The van der Waals surface area contributed by atoms with Crippen molar-refractivity contribution in [3.63, 3.8) is 0 Å². The summed E-state index contributed by atoms with van der Waals surface area (Å²) in [5, 5.41) is 0. The standard InChI is InChI=1S/C15H22N4O2/c16-11-12-4-5-13(21-12)15(20)19-9-7-18(8-10-19)14-3-1-2-6-17-14/h1-3,6,12-13H,4-5,7-11,16H2/t12-,13+/m1/s1. The van der Waals surface area contributed by atoms with Crippen LogP contribution in [0.5, 0.6) is 0 Å². The monoisotopic (exact) mass is 290 g/mol. The second-order valence-corrected chi connectivity index (χ2v) is 5.56. The van der Waals surface area contributed by atoms with E-state index >= 15 is 0 Å². The second kappa shape index (κ2) is 6.41. The molecule has 3 rings (SSSR count). The summed E-state index contributed by atoms with van der Waals surface area (Å²) in [6.07, 6.45) is 3.24. The van der Waals surface area contributed by atoms with Gasteiger partial charge in [-0.15, -0.1) is 0 Å². The maximum absolute atomic E-state index is 12.4. The lowest BCUT2D eigenvalue weighted by Crippen LogP contribution is -2.51. The minimum absolute atomic E-state index is 0.0498. The Balaban J connectivity index is 1.53. The maximum atomic E-state index is 12.4. The summed E-state index contributed by atoms with van der Waals surface area (Å²) in [5.74, 6) is 1.09. The zero-order valence-corrected chi connectivity index (χ0v) is 12.1. The first kappa shape index (κ1) is 14.3. The van der Waals surface area contributed by atoms with Gasteiger partial charge in [0.05, 0.1) is 6.10 Å². The number of carbonyl (C=O) groups is 1. The first-order valence-corrected chi connectivity index (χ1v) is 7.58. The molecule has 0 bridgehead atoms. The lowest BCUT2D eigenvalue weighted by Gasteiger charge is -2.36. The molecule has 6 heteroatoms. The predicted molar refractivity (Wildman–Crippen MR) is 80.0 cm³/mol. The van der Waals surface area contributed by atoms with Gasteiger partial charge in [0.25, 0.3) is 5.91 Å². The van der Waals surface area contributed by atoms with Gasteiger partial charge in [-0.1, -0.05) is 6.07 Å². The fourth-order valence-electron chi connectivity index (χ4n) is 2.96. The average molecular weight is 290 g/mol. The van der Waals surface area contributed by atoms with Crippen LogP contribution in [0.3, 0.4) is 0 Å². The third-order valence-electron chi connectivity index (χ3n) is 4.21. The molecule has 2 N–H and O–H groups in total. The van der Waals surface area contributed by atoms with E-state index in [0.717, 1.165) is 44.8 Å². The Morgan fingerprint density at radius 3 is 2.71 bits per heavy atom. The molecule has 0 unspecified atom stereocenters. The van der Waals surface area contributed by atoms with Crippen molar-refractivity contribution in [1.82, 2.24) is 9.88 Å². The summed E-state index contributed by atoms with van der Waals surface area (Å²) < 4.78 is 5.69. The van der Waals surface area contributed by atoms with Gasteiger partial charge >= 0.3 is 0 Å². The highest BCUT2D eigenvalue weighted by Crippen LogP contribution is 2.22. The van der Waals surface area contributed by atoms with E-state index in [2.05, 4.69) is 9.88 Å². The lowest BCUT2D eigenvalue weighted by molar-refractivity contribution is -0.143. The maximum Gasteiger partial charge on any atom is 0.251 e. The van der Waals surface area contributed by atoms with Crippen molar-refractivity contribution in [1.29, 1.82) is 0 Å². The van der Waals surface area contributed by atoms with Gasteiger partial charge in [-0.25, -0.2) is 4.98 Å². The molecule has 3 heterocycles. The van der Waals surface area contributed by atoms with E-state index < -0.39 is 0 Å². The third kappa shape index (κ3) is 3.16. The summed E-state index contributed by atoms with van der Waals surface area (Å²) in [6.45, 7) is 3.58. The molecule has 0 spiro atoms. The Kier molecular flexibility index (Phi) is 4.36. The molecular formula is C15H22N4O2. The smallest absolute Gasteiger partial charge is 0.251 e. The van der Waals surface area contributed by atoms with Crippen LogP contribution in [0.4, 0.5) is 5.82 Å². The summed E-state index contributed by atoms with van der Waals surface area (Å²) in [4.78, 5) is 20.9. The van der Waals surface area contributed by atoms with Gasteiger partial charge in [-0.2, -0.15) is 0 Å². The highest BCUT2D eigenvalue weighted by molar-refractivity contribution is 5.81. The number of nitrogens with two attached hydrogens (primary N) is 1. The number of aromatic nitrogens is 1. The number of anilines is 1. The van der Waals surface area contributed by atoms with Crippen LogP contribution in [0.1, 0.15) is 12.8 Å². The molecule has 2 atom stereocenters. The molecule has 0 saturated carbocycles. The number of ether oxygens (including phenoxy) is 1. The van der Waals surface area contributed by atoms with Crippen molar-refractivity contribution in [2.75, 3.05) is 37.6 Å². The molecule has 6 nitrogen and oxygen atoms in total. The van der Waals surface area contributed by atoms with Crippen molar-refractivity contribution in [3.05, 3.63) is 24.4 Å². The Morgan fingerprint density at radius 1 is 1.29 bits per heavy atom. The number of hydrogen-bond acceptors (Lipinski definition) is 5. The van der Waals surface area contributed by atoms with Crippen molar-refractivity contribution >= 4 is 11.7 Å². The number of carbonyl (C=O) groups excluding carboxylic acids is 1. The van der Waals surface area contributed by atoms with Crippen LogP contribution in [0, 0.1) is 0 Å². The van der Waals surface area contributed by atoms with Gasteiger partial charge in [-0.05, 0) is 25.0 Å².